The molecule has 1 N–H and O–H groups in total. The van der Waals surface area contributed by atoms with Gasteiger partial charge in [-0.25, -0.2) is 0 Å². The van der Waals surface area contributed by atoms with E-state index in [0.29, 0.717) is 30.4 Å². The van der Waals surface area contributed by atoms with Crippen LogP contribution < -0.4 is 5.32 Å². The summed E-state index contributed by atoms with van der Waals surface area (Å²) in [6.07, 6.45) is 0.721. The number of amides is 2. The first kappa shape index (κ1) is 21.2. The van der Waals surface area contributed by atoms with E-state index in [2.05, 4.69) is 11.4 Å². The van der Waals surface area contributed by atoms with Gasteiger partial charge in [-0.3, -0.25) is 9.59 Å². The molecule has 0 fully saturated rings. The monoisotopic (exact) mass is 483 g/mol. The van der Waals surface area contributed by atoms with Crippen LogP contribution in [0.15, 0.2) is 59.3 Å². The minimum atomic E-state index is -0.996. The van der Waals surface area contributed by atoms with E-state index in [1.807, 2.05) is 64.7 Å². The highest BCUT2D eigenvalue weighted by atomic mass is 35.5. The SMILES string of the molecule is CC1(C(=O)NCc2ccc(Cl)cc2)Cn2c(cc3ccsc32)C(=O)N1CCc1cccs1. The van der Waals surface area contributed by atoms with Gasteiger partial charge < -0.3 is 14.8 Å². The molecule has 1 atom stereocenters. The molecule has 8 heteroatoms. The molecule has 1 aliphatic heterocycles. The summed E-state index contributed by atoms with van der Waals surface area (Å²) < 4.78 is 2.01. The van der Waals surface area contributed by atoms with Gasteiger partial charge in [0.25, 0.3) is 5.91 Å². The van der Waals surface area contributed by atoms with Crippen LogP contribution in [0, 0.1) is 0 Å². The third-order valence-corrected chi connectivity index (χ3v) is 8.19. The summed E-state index contributed by atoms with van der Waals surface area (Å²) in [5.74, 6) is -0.253. The second kappa shape index (κ2) is 8.39. The van der Waals surface area contributed by atoms with Crippen LogP contribution in [-0.4, -0.2) is 33.4 Å². The normalized spacial score (nSPS) is 18.2. The molecule has 5 rings (SSSR count). The van der Waals surface area contributed by atoms with Gasteiger partial charge in [-0.05, 0) is 60.0 Å². The average Bonchev–Trinajstić information content (AvgIpc) is 3.52. The third-order valence-electron chi connectivity index (χ3n) is 6.05. The van der Waals surface area contributed by atoms with Crippen molar-refractivity contribution in [1.29, 1.82) is 0 Å². The van der Waals surface area contributed by atoms with E-state index in [1.54, 1.807) is 27.6 Å². The average molecular weight is 484 g/mol. The number of hydrogen-bond donors (Lipinski definition) is 1. The fourth-order valence-electron chi connectivity index (χ4n) is 4.26. The fraction of sp³-hybridized carbons (Fsp3) is 0.250. The van der Waals surface area contributed by atoms with Gasteiger partial charge in [0.1, 0.15) is 16.1 Å². The lowest BCUT2D eigenvalue weighted by molar-refractivity contribution is -0.133. The summed E-state index contributed by atoms with van der Waals surface area (Å²) in [6, 6.07) is 15.4. The number of aromatic nitrogens is 1. The van der Waals surface area contributed by atoms with Crippen LogP contribution in [0.5, 0.6) is 0 Å². The summed E-state index contributed by atoms with van der Waals surface area (Å²) in [6.45, 7) is 3.17. The zero-order chi connectivity index (χ0) is 22.3. The third kappa shape index (κ3) is 3.74. The molecule has 1 aromatic carbocycles. The lowest BCUT2D eigenvalue weighted by Gasteiger charge is -2.44. The molecule has 0 saturated carbocycles. The van der Waals surface area contributed by atoms with Gasteiger partial charge in [-0.15, -0.1) is 22.7 Å². The first-order valence-corrected chi connectivity index (χ1v) is 12.5. The Balaban J connectivity index is 1.45. The van der Waals surface area contributed by atoms with Crippen LogP contribution in [0.25, 0.3) is 10.2 Å². The minimum absolute atomic E-state index is 0.0969. The molecule has 5 nitrogen and oxygen atoms in total. The van der Waals surface area contributed by atoms with Gasteiger partial charge in [0.15, 0.2) is 0 Å². The highest BCUT2D eigenvalue weighted by Gasteiger charge is 2.47. The number of benzene rings is 1. The Labute approximate surface area is 199 Å². The molecule has 164 valence electrons. The van der Waals surface area contributed by atoms with Crippen LogP contribution in [0.1, 0.15) is 27.9 Å². The summed E-state index contributed by atoms with van der Waals surface area (Å²) in [5.41, 5.74) is 0.617. The Morgan fingerprint density at radius 1 is 1.16 bits per heavy atom. The molecule has 0 radical (unpaired) electrons. The van der Waals surface area contributed by atoms with Crippen molar-refractivity contribution in [1.82, 2.24) is 14.8 Å². The Morgan fingerprint density at radius 3 is 2.72 bits per heavy atom. The quantitative estimate of drug-likeness (QED) is 0.410. The standard InChI is InChI=1S/C24H22ClN3O2S2/c1-24(23(30)26-14-16-4-6-18(25)7-5-16)15-27-20(13-17-9-12-32-22(17)27)21(29)28(24)10-8-19-3-2-11-31-19/h2-7,9,11-13H,8,10,14-15H2,1H3,(H,26,30). The fourth-order valence-corrected chi connectivity index (χ4v) is 5.98. The number of fused-ring (bicyclic) bond motifs is 3. The predicted molar refractivity (Wildman–Crippen MR) is 131 cm³/mol. The van der Waals surface area contributed by atoms with Crippen LogP contribution in [0.3, 0.4) is 0 Å². The van der Waals surface area contributed by atoms with E-state index in [0.717, 1.165) is 22.2 Å². The Bertz CT molecular complexity index is 1280. The van der Waals surface area contributed by atoms with E-state index < -0.39 is 5.54 Å². The Morgan fingerprint density at radius 2 is 1.97 bits per heavy atom. The van der Waals surface area contributed by atoms with Crippen molar-refractivity contribution in [3.05, 3.63) is 80.4 Å². The summed E-state index contributed by atoms with van der Waals surface area (Å²) >= 11 is 9.24. The van der Waals surface area contributed by atoms with Crippen molar-refractivity contribution >= 4 is 56.3 Å². The molecule has 32 heavy (non-hydrogen) atoms. The molecule has 4 aromatic rings. The van der Waals surface area contributed by atoms with E-state index in [4.69, 9.17) is 11.6 Å². The lowest BCUT2D eigenvalue weighted by atomic mass is 9.94. The van der Waals surface area contributed by atoms with Crippen molar-refractivity contribution in [2.75, 3.05) is 6.54 Å². The second-order valence-electron chi connectivity index (χ2n) is 8.17. The van der Waals surface area contributed by atoms with Crippen molar-refractivity contribution in [2.45, 2.75) is 32.0 Å². The van der Waals surface area contributed by atoms with Crippen molar-refractivity contribution in [2.24, 2.45) is 0 Å². The lowest BCUT2D eigenvalue weighted by Crippen LogP contribution is -2.64. The smallest absolute Gasteiger partial charge is 0.271 e. The molecular formula is C24H22ClN3O2S2. The first-order valence-electron chi connectivity index (χ1n) is 10.4. The van der Waals surface area contributed by atoms with E-state index in [9.17, 15) is 9.59 Å². The molecule has 0 aliphatic carbocycles. The predicted octanol–water partition coefficient (Wildman–Crippen LogP) is 5.19. The summed E-state index contributed by atoms with van der Waals surface area (Å²) in [7, 11) is 0. The summed E-state index contributed by atoms with van der Waals surface area (Å²) in [5, 5.41) is 8.80. The number of nitrogens with zero attached hydrogens (tertiary/aromatic N) is 2. The zero-order valence-electron chi connectivity index (χ0n) is 17.5. The van der Waals surface area contributed by atoms with Crippen LogP contribution in [-0.2, 0) is 24.3 Å². The topological polar surface area (TPSA) is 54.3 Å². The highest BCUT2D eigenvalue weighted by molar-refractivity contribution is 7.16. The maximum Gasteiger partial charge on any atom is 0.271 e. The van der Waals surface area contributed by atoms with Gasteiger partial charge in [0.2, 0.25) is 5.91 Å². The van der Waals surface area contributed by atoms with Crippen LogP contribution >= 0.6 is 34.3 Å². The Kier molecular flexibility index (Phi) is 5.57. The second-order valence-corrected chi connectivity index (χ2v) is 10.5. The van der Waals surface area contributed by atoms with E-state index in [-0.39, 0.29) is 11.8 Å². The number of nitrogens with one attached hydrogen (secondary N) is 1. The highest BCUT2D eigenvalue weighted by Crippen LogP contribution is 2.34. The minimum Gasteiger partial charge on any atom is -0.350 e. The van der Waals surface area contributed by atoms with Gasteiger partial charge in [-0.2, -0.15) is 0 Å². The summed E-state index contributed by atoms with van der Waals surface area (Å²) in [4.78, 5) is 31.1. The number of carbonyl (C=O) groups is 2. The molecule has 0 saturated heterocycles. The molecule has 4 heterocycles. The van der Waals surface area contributed by atoms with Gasteiger partial charge in [0.05, 0.1) is 6.54 Å². The molecule has 0 bridgehead atoms. The first-order chi connectivity index (χ1) is 15.5. The maximum absolute atomic E-state index is 13.6. The van der Waals surface area contributed by atoms with Crippen molar-refractivity contribution < 1.29 is 9.59 Å². The van der Waals surface area contributed by atoms with Gasteiger partial charge >= 0.3 is 0 Å². The Hall–Kier alpha value is -2.61. The van der Waals surface area contributed by atoms with Gasteiger partial charge in [-0.1, -0.05) is 29.8 Å². The van der Waals surface area contributed by atoms with E-state index >= 15 is 0 Å². The van der Waals surface area contributed by atoms with Crippen LogP contribution in [0.4, 0.5) is 0 Å². The van der Waals surface area contributed by atoms with Crippen LogP contribution in [0.2, 0.25) is 5.02 Å². The number of carbonyl (C=O) groups excluding carboxylic acids is 2. The molecular weight excluding hydrogens is 462 g/mol. The molecule has 1 unspecified atom stereocenters. The van der Waals surface area contributed by atoms with Crippen molar-refractivity contribution in [3.8, 4) is 0 Å². The molecule has 0 spiro atoms. The molecule has 1 aliphatic rings. The number of rotatable bonds is 6. The van der Waals surface area contributed by atoms with Crippen molar-refractivity contribution in [3.63, 3.8) is 0 Å². The number of halogens is 1. The molecule has 2 amide bonds. The molecule has 3 aromatic heterocycles. The largest absolute Gasteiger partial charge is 0.350 e. The van der Waals surface area contributed by atoms with Gasteiger partial charge in [0, 0.05) is 28.4 Å². The number of thiophene rings is 2. The zero-order valence-corrected chi connectivity index (χ0v) is 19.9. The number of hydrogen-bond acceptors (Lipinski definition) is 4. The maximum atomic E-state index is 13.6. The van der Waals surface area contributed by atoms with E-state index in [1.165, 1.54) is 4.88 Å².